The summed E-state index contributed by atoms with van der Waals surface area (Å²) in [5.74, 6) is 0.0930. The average Bonchev–Trinajstić information content (AvgIpc) is 3.30. The first-order chi connectivity index (χ1) is 18.2. The number of rotatable bonds is 5. The SMILES string of the molecule is CC=CN1CCCC(c2nc(-c3ccc(C(=O)Nc4cc(C(F)(F)F)ccn4)cn3)n3c(N)nccc23)C1. The standard InChI is InChI=1S/C26H25F3N8O/c1-2-11-36-12-3-4-17(15-36)22-20-8-10-32-25(30)37(20)23(35-22)19-6-5-16(14-33-19)24(38)34-21-13-18(7-9-31-21)26(27,28)29/h2,5-11,13-14,17H,3-4,12,15H2,1H3,(H2,30,32)(H,31,34,38). The first-order valence-electron chi connectivity index (χ1n) is 12.1. The van der Waals surface area contributed by atoms with Gasteiger partial charge in [0.25, 0.3) is 5.91 Å². The number of likely N-dealkylation sites (tertiary alicyclic amines) is 1. The maximum atomic E-state index is 13.0. The predicted octanol–water partition coefficient (Wildman–Crippen LogP) is 4.75. The van der Waals surface area contributed by atoms with E-state index in [0.29, 0.717) is 11.5 Å². The van der Waals surface area contributed by atoms with Crippen molar-refractivity contribution >= 4 is 23.2 Å². The third kappa shape index (κ3) is 5.01. The van der Waals surface area contributed by atoms with E-state index in [4.69, 9.17) is 10.7 Å². The molecule has 0 saturated carbocycles. The molecule has 196 valence electrons. The van der Waals surface area contributed by atoms with Crippen molar-refractivity contribution in [3.05, 3.63) is 78.0 Å². The van der Waals surface area contributed by atoms with Crippen LogP contribution in [0.2, 0.25) is 0 Å². The summed E-state index contributed by atoms with van der Waals surface area (Å²) in [6.45, 7) is 3.81. The number of nitrogens with zero attached hydrogens (tertiary/aromatic N) is 6. The zero-order valence-corrected chi connectivity index (χ0v) is 20.5. The van der Waals surface area contributed by atoms with Gasteiger partial charge >= 0.3 is 6.18 Å². The highest BCUT2D eigenvalue weighted by molar-refractivity contribution is 6.03. The van der Waals surface area contributed by atoms with Gasteiger partial charge in [-0.15, -0.1) is 0 Å². The molecule has 1 fully saturated rings. The second-order valence-electron chi connectivity index (χ2n) is 8.97. The van der Waals surface area contributed by atoms with Crippen LogP contribution in [0.3, 0.4) is 0 Å². The molecule has 38 heavy (non-hydrogen) atoms. The van der Waals surface area contributed by atoms with Crippen molar-refractivity contribution in [3.8, 4) is 11.5 Å². The van der Waals surface area contributed by atoms with Gasteiger partial charge in [-0.05, 0) is 56.3 Å². The molecule has 0 aliphatic carbocycles. The molecule has 4 aromatic heterocycles. The molecule has 3 N–H and O–H groups in total. The van der Waals surface area contributed by atoms with Crippen molar-refractivity contribution in [1.29, 1.82) is 0 Å². The molecule has 1 unspecified atom stereocenters. The first-order valence-corrected chi connectivity index (χ1v) is 12.1. The van der Waals surface area contributed by atoms with E-state index in [1.807, 2.05) is 19.1 Å². The third-order valence-electron chi connectivity index (χ3n) is 6.39. The van der Waals surface area contributed by atoms with Gasteiger partial charge in [0.2, 0.25) is 5.95 Å². The topological polar surface area (TPSA) is 114 Å². The molecule has 1 atom stereocenters. The Kier molecular flexibility index (Phi) is 6.70. The summed E-state index contributed by atoms with van der Waals surface area (Å²) in [4.78, 5) is 32.3. The molecule has 5 heterocycles. The van der Waals surface area contributed by atoms with Crippen molar-refractivity contribution in [3.63, 3.8) is 0 Å². The van der Waals surface area contributed by atoms with Crippen LogP contribution in [-0.2, 0) is 6.18 Å². The second-order valence-corrected chi connectivity index (χ2v) is 8.97. The maximum Gasteiger partial charge on any atom is 0.416 e. The Labute approximate surface area is 216 Å². The smallest absolute Gasteiger partial charge is 0.377 e. The first kappa shape index (κ1) is 25.2. The van der Waals surface area contributed by atoms with E-state index in [1.165, 1.54) is 12.3 Å². The normalized spacial score (nSPS) is 16.3. The van der Waals surface area contributed by atoms with E-state index in [1.54, 1.807) is 16.7 Å². The van der Waals surface area contributed by atoms with Gasteiger partial charge in [-0.1, -0.05) is 6.08 Å². The summed E-state index contributed by atoms with van der Waals surface area (Å²) < 4.78 is 40.7. The van der Waals surface area contributed by atoms with Crippen molar-refractivity contribution in [1.82, 2.24) is 29.2 Å². The molecule has 0 radical (unpaired) electrons. The number of pyridine rings is 2. The number of aromatic nitrogens is 5. The minimum atomic E-state index is -4.54. The number of nitrogens with one attached hydrogen (secondary N) is 1. The van der Waals surface area contributed by atoms with Gasteiger partial charge in [0.15, 0.2) is 5.82 Å². The number of nitrogen functional groups attached to an aromatic ring is 1. The molecule has 1 amide bonds. The second kappa shape index (κ2) is 10.1. The van der Waals surface area contributed by atoms with Gasteiger partial charge in [-0.25, -0.2) is 15.0 Å². The number of allylic oxidation sites excluding steroid dienone is 1. The van der Waals surface area contributed by atoms with E-state index >= 15 is 0 Å². The van der Waals surface area contributed by atoms with Gasteiger partial charge < -0.3 is 16.0 Å². The number of alkyl halides is 3. The van der Waals surface area contributed by atoms with Crippen LogP contribution in [0.5, 0.6) is 0 Å². The van der Waals surface area contributed by atoms with Gasteiger partial charge in [0.1, 0.15) is 11.5 Å². The van der Waals surface area contributed by atoms with E-state index in [0.717, 1.165) is 55.5 Å². The fourth-order valence-electron chi connectivity index (χ4n) is 4.66. The summed E-state index contributed by atoms with van der Waals surface area (Å²) >= 11 is 0. The molecule has 12 heteroatoms. The lowest BCUT2D eigenvalue weighted by atomic mass is 9.94. The molecule has 9 nitrogen and oxygen atoms in total. The Hall–Kier alpha value is -4.48. The van der Waals surface area contributed by atoms with E-state index in [9.17, 15) is 18.0 Å². The molecular weight excluding hydrogens is 497 g/mol. The van der Waals surface area contributed by atoms with Crippen LogP contribution in [-0.4, -0.2) is 48.2 Å². The molecule has 5 rings (SSSR count). The summed E-state index contributed by atoms with van der Waals surface area (Å²) in [6, 6.07) is 6.62. The number of hydrogen-bond acceptors (Lipinski definition) is 7. The van der Waals surface area contributed by atoms with Crippen LogP contribution in [0, 0.1) is 0 Å². The molecule has 0 spiro atoms. The van der Waals surface area contributed by atoms with Crippen LogP contribution >= 0.6 is 0 Å². The van der Waals surface area contributed by atoms with Crippen molar-refractivity contribution in [2.75, 3.05) is 24.1 Å². The van der Waals surface area contributed by atoms with Crippen LogP contribution < -0.4 is 11.1 Å². The number of imidazole rings is 1. The van der Waals surface area contributed by atoms with Crippen LogP contribution in [0.4, 0.5) is 24.9 Å². The summed E-state index contributed by atoms with van der Waals surface area (Å²) in [5, 5.41) is 2.38. The quantitative estimate of drug-likeness (QED) is 0.389. The number of carbonyl (C=O) groups is 1. The number of anilines is 2. The van der Waals surface area contributed by atoms with E-state index in [2.05, 4.69) is 31.4 Å². The maximum absolute atomic E-state index is 13.0. The van der Waals surface area contributed by atoms with Crippen molar-refractivity contribution in [2.45, 2.75) is 31.9 Å². The van der Waals surface area contributed by atoms with E-state index < -0.39 is 17.6 Å². The Bertz CT molecular complexity index is 1500. The Balaban J connectivity index is 1.43. The number of piperidine rings is 1. The minimum Gasteiger partial charge on any atom is -0.377 e. The lowest BCUT2D eigenvalue weighted by Crippen LogP contribution is -2.30. The van der Waals surface area contributed by atoms with Gasteiger partial charge in [0, 0.05) is 37.6 Å². The van der Waals surface area contributed by atoms with Crippen LogP contribution in [0.15, 0.2) is 61.2 Å². The number of amides is 1. The molecule has 4 aromatic rings. The number of nitrogens with two attached hydrogens (primary N) is 1. The van der Waals surface area contributed by atoms with Crippen LogP contribution in [0.1, 0.15) is 47.3 Å². The lowest BCUT2D eigenvalue weighted by Gasteiger charge is -2.31. The number of hydrogen-bond donors (Lipinski definition) is 2. The fraction of sp³-hybridized carbons (Fsp3) is 0.269. The highest BCUT2D eigenvalue weighted by Gasteiger charge is 2.31. The number of fused-ring (bicyclic) bond motifs is 1. The Morgan fingerprint density at radius 3 is 2.71 bits per heavy atom. The van der Waals surface area contributed by atoms with E-state index in [-0.39, 0.29) is 23.2 Å². The summed E-state index contributed by atoms with van der Waals surface area (Å²) in [7, 11) is 0. The zero-order valence-electron chi connectivity index (χ0n) is 20.5. The van der Waals surface area contributed by atoms with Gasteiger partial charge in [-0.2, -0.15) is 13.2 Å². The minimum absolute atomic E-state index is 0.148. The third-order valence-corrected chi connectivity index (χ3v) is 6.39. The van der Waals surface area contributed by atoms with Crippen molar-refractivity contribution < 1.29 is 18.0 Å². The zero-order chi connectivity index (χ0) is 26.9. The summed E-state index contributed by atoms with van der Waals surface area (Å²) in [5.41, 5.74) is 7.70. The molecule has 0 aromatic carbocycles. The van der Waals surface area contributed by atoms with Gasteiger partial charge in [0.05, 0.1) is 22.3 Å². The Morgan fingerprint density at radius 2 is 1.97 bits per heavy atom. The van der Waals surface area contributed by atoms with Gasteiger partial charge in [-0.3, -0.25) is 14.2 Å². The largest absolute Gasteiger partial charge is 0.416 e. The highest BCUT2D eigenvalue weighted by atomic mass is 19.4. The summed E-state index contributed by atoms with van der Waals surface area (Å²) in [6.07, 6.45) is 5.55. The Morgan fingerprint density at radius 1 is 1.16 bits per heavy atom. The van der Waals surface area contributed by atoms with Crippen LogP contribution in [0.25, 0.3) is 17.0 Å². The average molecular weight is 523 g/mol. The molecule has 0 bridgehead atoms. The number of halogens is 3. The lowest BCUT2D eigenvalue weighted by molar-refractivity contribution is -0.137. The monoisotopic (exact) mass is 522 g/mol. The number of carbonyl (C=O) groups excluding carboxylic acids is 1. The molecule has 1 saturated heterocycles. The molecular formula is C26H25F3N8O. The predicted molar refractivity (Wildman–Crippen MR) is 136 cm³/mol. The molecule has 1 aliphatic rings. The highest BCUT2D eigenvalue weighted by Crippen LogP contribution is 2.33. The molecule has 1 aliphatic heterocycles. The fourth-order valence-corrected chi connectivity index (χ4v) is 4.66. The van der Waals surface area contributed by atoms with Crippen molar-refractivity contribution in [2.24, 2.45) is 0 Å².